The molecule has 0 fully saturated rings. The van der Waals surface area contributed by atoms with Crippen LogP contribution in [-0.2, 0) is 25.1 Å². The van der Waals surface area contributed by atoms with Gasteiger partial charge in [-0.25, -0.2) is 0 Å². The molecular weight excluding hydrogens is 266 g/mol. The summed E-state index contributed by atoms with van der Waals surface area (Å²) in [5.74, 6) is 3.08. The average molecular weight is 287 g/mol. The van der Waals surface area contributed by atoms with Gasteiger partial charge in [0, 0.05) is 6.04 Å². The number of fused-ring (bicyclic) bond motifs is 1. The Morgan fingerprint density at radius 3 is 2.80 bits per heavy atom. The lowest BCUT2D eigenvalue weighted by Crippen LogP contribution is -2.33. The van der Waals surface area contributed by atoms with Gasteiger partial charge in [0.05, 0.1) is 12.3 Å². The molecule has 106 valence electrons. The van der Waals surface area contributed by atoms with Gasteiger partial charge in [0.25, 0.3) is 0 Å². The van der Waals surface area contributed by atoms with Crippen LogP contribution >= 0.6 is 11.8 Å². The van der Waals surface area contributed by atoms with Gasteiger partial charge in [-0.1, -0.05) is 24.3 Å². The van der Waals surface area contributed by atoms with Gasteiger partial charge in [-0.05, 0) is 48.8 Å². The van der Waals surface area contributed by atoms with Crippen LogP contribution in [0, 0.1) is 0 Å². The molecule has 2 nitrogen and oxygen atoms in total. The van der Waals surface area contributed by atoms with Crippen LogP contribution in [0.5, 0.6) is 0 Å². The SMILES string of the molecule is CSCc1ccc(CNC2CCc3ccccc3C2)o1. The number of hydrogen-bond donors (Lipinski definition) is 1. The van der Waals surface area contributed by atoms with Gasteiger partial charge in [0.15, 0.2) is 0 Å². The first-order valence-electron chi connectivity index (χ1n) is 7.22. The van der Waals surface area contributed by atoms with E-state index in [4.69, 9.17) is 4.42 Å². The molecule has 1 N–H and O–H groups in total. The average Bonchev–Trinajstić information content (AvgIpc) is 2.93. The predicted molar refractivity (Wildman–Crippen MR) is 85.0 cm³/mol. The van der Waals surface area contributed by atoms with Gasteiger partial charge in [-0.15, -0.1) is 0 Å². The van der Waals surface area contributed by atoms with Gasteiger partial charge in [0.2, 0.25) is 0 Å². The lowest BCUT2D eigenvalue weighted by molar-refractivity contribution is 0.407. The zero-order valence-electron chi connectivity index (χ0n) is 11.9. The van der Waals surface area contributed by atoms with Crippen molar-refractivity contribution in [1.29, 1.82) is 0 Å². The van der Waals surface area contributed by atoms with E-state index in [-0.39, 0.29) is 0 Å². The highest BCUT2D eigenvalue weighted by Crippen LogP contribution is 2.21. The quantitative estimate of drug-likeness (QED) is 0.906. The topological polar surface area (TPSA) is 25.2 Å². The Balaban J connectivity index is 1.54. The fourth-order valence-electron chi connectivity index (χ4n) is 2.85. The number of aryl methyl sites for hydroxylation is 1. The summed E-state index contributed by atoms with van der Waals surface area (Å²) < 4.78 is 5.80. The Hall–Kier alpha value is -1.19. The highest BCUT2D eigenvalue weighted by molar-refractivity contribution is 7.97. The first-order valence-corrected chi connectivity index (χ1v) is 8.61. The van der Waals surface area contributed by atoms with Gasteiger partial charge in [0.1, 0.15) is 11.5 Å². The summed E-state index contributed by atoms with van der Waals surface area (Å²) in [7, 11) is 0. The Morgan fingerprint density at radius 2 is 1.95 bits per heavy atom. The van der Waals surface area contributed by atoms with E-state index in [9.17, 15) is 0 Å². The highest BCUT2D eigenvalue weighted by Gasteiger charge is 2.17. The molecule has 20 heavy (non-hydrogen) atoms. The Labute approximate surface area is 125 Å². The molecular formula is C17H21NOS. The predicted octanol–water partition coefficient (Wildman–Crippen LogP) is 3.79. The third kappa shape index (κ3) is 3.28. The van der Waals surface area contributed by atoms with Crippen LogP contribution in [0.1, 0.15) is 29.1 Å². The largest absolute Gasteiger partial charge is 0.464 e. The van der Waals surface area contributed by atoms with Crippen molar-refractivity contribution in [3.63, 3.8) is 0 Å². The second kappa shape index (κ2) is 6.51. The highest BCUT2D eigenvalue weighted by atomic mass is 32.2. The van der Waals surface area contributed by atoms with E-state index in [1.54, 1.807) is 11.8 Å². The number of benzene rings is 1. The van der Waals surface area contributed by atoms with E-state index < -0.39 is 0 Å². The van der Waals surface area contributed by atoms with Crippen molar-refractivity contribution >= 4 is 11.8 Å². The third-order valence-electron chi connectivity index (χ3n) is 3.92. The van der Waals surface area contributed by atoms with E-state index in [1.807, 2.05) is 0 Å². The fourth-order valence-corrected chi connectivity index (χ4v) is 3.29. The molecule has 0 spiro atoms. The van der Waals surface area contributed by atoms with E-state index in [1.165, 1.54) is 24.0 Å². The molecule has 1 atom stereocenters. The maximum Gasteiger partial charge on any atom is 0.118 e. The van der Waals surface area contributed by atoms with E-state index >= 15 is 0 Å². The zero-order valence-corrected chi connectivity index (χ0v) is 12.7. The number of hydrogen-bond acceptors (Lipinski definition) is 3. The first-order chi connectivity index (χ1) is 9.85. The summed E-state index contributed by atoms with van der Waals surface area (Å²) in [4.78, 5) is 0. The summed E-state index contributed by atoms with van der Waals surface area (Å²) >= 11 is 1.79. The molecule has 1 unspecified atom stereocenters. The number of nitrogens with one attached hydrogen (secondary N) is 1. The molecule has 1 aliphatic carbocycles. The summed E-state index contributed by atoms with van der Waals surface area (Å²) in [5, 5.41) is 3.63. The first kappa shape index (κ1) is 13.8. The molecule has 3 heteroatoms. The molecule has 0 aliphatic heterocycles. The molecule has 1 aromatic carbocycles. The van der Waals surface area contributed by atoms with E-state index in [0.717, 1.165) is 30.2 Å². The zero-order chi connectivity index (χ0) is 13.8. The van der Waals surface area contributed by atoms with Crippen LogP contribution in [0.4, 0.5) is 0 Å². The minimum atomic E-state index is 0.569. The second-order valence-electron chi connectivity index (χ2n) is 5.39. The lowest BCUT2D eigenvalue weighted by Gasteiger charge is -2.25. The Bertz CT molecular complexity index is 564. The minimum absolute atomic E-state index is 0.569. The summed E-state index contributed by atoms with van der Waals surface area (Å²) in [6, 6.07) is 13.5. The van der Waals surface area contributed by atoms with Crippen molar-refractivity contribution in [2.45, 2.75) is 37.6 Å². The smallest absolute Gasteiger partial charge is 0.118 e. The van der Waals surface area contributed by atoms with Crippen LogP contribution in [0.3, 0.4) is 0 Å². The van der Waals surface area contributed by atoms with Crippen molar-refractivity contribution in [3.05, 3.63) is 59.0 Å². The molecule has 2 aromatic rings. The number of rotatable bonds is 5. The van der Waals surface area contributed by atoms with Gasteiger partial charge < -0.3 is 9.73 Å². The van der Waals surface area contributed by atoms with Gasteiger partial charge in [-0.2, -0.15) is 11.8 Å². The molecule has 1 heterocycles. The van der Waals surface area contributed by atoms with Gasteiger partial charge >= 0.3 is 0 Å². The maximum atomic E-state index is 5.80. The molecule has 1 aromatic heterocycles. The Kier molecular flexibility index (Phi) is 4.48. The maximum absolute atomic E-state index is 5.80. The molecule has 0 bridgehead atoms. The summed E-state index contributed by atoms with van der Waals surface area (Å²) in [5.41, 5.74) is 3.02. The fraction of sp³-hybridized carbons (Fsp3) is 0.412. The number of thioether (sulfide) groups is 1. The molecule has 0 radical (unpaired) electrons. The molecule has 0 saturated heterocycles. The number of furan rings is 1. The normalized spacial score (nSPS) is 17.9. The van der Waals surface area contributed by atoms with Crippen molar-refractivity contribution < 1.29 is 4.42 Å². The minimum Gasteiger partial charge on any atom is -0.464 e. The summed E-state index contributed by atoms with van der Waals surface area (Å²) in [6.07, 6.45) is 5.63. The van der Waals surface area contributed by atoms with Crippen LogP contribution in [0.2, 0.25) is 0 Å². The molecule has 0 amide bonds. The van der Waals surface area contributed by atoms with Crippen LogP contribution in [-0.4, -0.2) is 12.3 Å². The van der Waals surface area contributed by atoms with Crippen molar-refractivity contribution in [3.8, 4) is 0 Å². The van der Waals surface area contributed by atoms with E-state index in [0.29, 0.717) is 6.04 Å². The molecule has 1 aliphatic rings. The van der Waals surface area contributed by atoms with Crippen molar-refractivity contribution in [2.24, 2.45) is 0 Å². The molecule has 0 saturated carbocycles. The summed E-state index contributed by atoms with van der Waals surface area (Å²) in [6.45, 7) is 0.835. The van der Waals surface area contributed by atoms with E-state index in [2.05, 4.69) is 48.0 Å². The monoisotopic (exact) mass is 287 g/mol. The van der Waals surface area contributed by atoms with Crippen LogP contribution < -0.4 is 5.32 Å². The van der Waals surface area contributed by atoms with Crippen LogP contribution in [0.15, 0.2) is 40.8 Å². The molecule has 3 rings (SSSR count). The van der Waals surface area contributed by atoms with Crippen molar-refractivity contribution in [2.75, 3.05) is 6.26 Å². The van der Waals surface area contributed by atoms with Gasteiger partial charge in [-0.3, -0.25) is 0 Å². The van der Waals surface area contributed by atoms with Crippen LogP contribution in [0.25, 0.3) is 0 Å². The lowest BCUT2D eigenvalue weighted by atomic mass is 9.88. The Morgan fingerprint density at radius 1 is 1.15 bits per heavy atom. The second-order valence-corrected chi connectivity index (χ2v) is 6.26. The van der Waals surface area contributed by atoms with Crippen molar-refractivity contribution in [1.82, 2.24) is 5.32 Å². The third-order valence-corrected chi connectivity index (χ3v) is 4.49. The standard InChI is InChI=1S/C17H21NOS/c1-20-12-17-9-8-16(19-17)11-18-15-7-6-13-4-2-3-5-14(13)10-15/h2-5,8-9,15,18H,6-7,10-12H2,1H3.